The second kappa shape index (κ2) is 3.00. The number of hydrogen-bond donors (Lipinski definition) is 0. The number of nitrogens with zero attached hydrogens (tertiary/aromatic N) is 1. The normalized spacial score (nSPS) is 9.11. The summed E-state index contributed by atoms with van der Waals surface area (Å²) >= 11 is 2.15. The van der Waals surface area contributed by atoms with Gasteiger partial charge >= 0.3 is 0 Å². The highest BCUT2D eigenvalue weighted by Crippen LogP contribution is 2.16. The van der Waals surface area contributed by atoms with E-state index in [1.807, 2.05) is 0 Å². The Balaban J connectivity index is 3.01. The van der Waals surface area contributed by atoms with Crippen LogP contribution in [0.2, 0.25) is 0 Å². The van der Waals surface area contributed by atoms with Crippen molar-refractivity contribution in [2.75, 3.05) is 7.11 Å². The van der Waals surface area contributed by atoms with Crippen LogP contribution in [-0.4, -0.2) is 12.1 Å². The second-order valence-corrected chi connectivity index (χ2v) is 2.61. The van der Waals surface area contributed by atoms with Crippen molar-refractivity contribution in [3.8, 4) is 5.75 Å². The predicted octanol–water partition coefficient (Wildman–Crippen LogP) is 1.49. The molecule has 0 aliphatic heterocycles. The lowest BCUT2D eigenvalue weighted by Crippen LogP contribution is -1.86. The quantitative estimate of drug-likeness (QED) is 0.687. The Morgan fingerprint density at radius 2 is 2.56 bits per heavy atom. The van der Waals surface area contributed by atoms with Gasteiger partial charge in [0.25, 0.3) is 0 Å². The maximum Gasteiger partial charge on any atom is 0.135 e. The molecule has 0 aliphatic rings. The van der Waals surface area contributed by atoms with Gasteiger partial charge in [0.2, 0.25) is 0 Å². The summed E-state index contributed by atoms with van der Waals surface area (Å²) in [5, 5.41) is 0. The van der Waals surface area contributed by atoms with Crippen LogP contribution in [0.25, 0.3) is 0 Å². The minimum absolute atomic E-state index is 0.825. The molecule has 0 fully saturated rings. The molecule has 1 aromatic heterocycles. The fraction of sp³-hybridized carbons (Fsp3) is 0.167. The fourth-order valence-corrected chi connectivity index (χ4v) is 0.994. The van der Waals surface area contributed by atoms with Gasteiger partial charge in [-0.25, -0.2) is 0 Å². The number of methoxy groups -OCH3 is 1. The van der Waals surface area contributed by atoms with E-state index in [9.17, 15) is 0 Å². The maximum absolute atomic E-state index is 4.97. The first-order valence-corrected chi connectivity index (χ1v) is 3.48. The summed E-state index contributed by atoms with van der Waals surface area (Å²) in [4.78, 5) is 3.78. The second-order valence-electron chi connectivity index (χ2n) is 1.45. The van der Waals surface area contributed by atoms with Crippen molar-refractivity contribution in [1.29, 1.82) is 0 Å². The molecule has 0 atom stereocenters. The number of hydrogen-bond acceptors (Lipinski definition) is 2. The van der Waals surface area contributed by atoms with Crippen LogP contribution in [0.4, 0.5) is 0 Å². The number of halogens is 1. The van der Waals surface area contributed by atoms with Gasteiger partial charge in [-0.3, -0.25) is 4.98 Å². The monoisotopic (exact) mass is 234 g/mol. The van der Waals surface area contributed by atoms with Crippen molar-refractivity contribution < 1.29 is 4.74 Å². The standard InChI is InChI=1S/C6H5INO/c1-9-6-2-3-8-4-5(6)7/h2,4H,1H3. The van der Waals surface area contributed by atoms with Gasteiger partial charge in [-0.15, -0.1) is 0 Å². The summed E-state index contributed by atoms with van der Waals surface area (Å²) in [6.07, 6.45) is 4.38. The van der Waals surface area contributed by atoms with Crippen molar-refractivity contribution in [2.45, 2.75) is 0 Å². The minimum atomic E-state index is 0.825. The van der Waals surface area contributed by atoms with Gasteiger partial charge in [-0.1, -0.05) is 0 Å². The Labute approximate surface area is 67.4 Å². The largest absolute Gasteiger partial charge is 0.496 e. The molecular formula is C6H5INO. The van der Waals surface area contributed by atoms with Crippen molar-refractivity contribution in [3.05, 3.63) is 22.0 Å². The van der Waals surface area contributed by atoms with Gasteiger partial charge in [-0.05, 0) is 22.6 Å². The zero-order chi connectivity index (χ0) is 6.69. The molecule has 9 heavy (non-hydrogen) atoms. The van der Waals surface area contributed by atoms with Crippen LogP contribution in [0.5, 0.6) is 5.75 Å². The Kier molecular flexibility index (Phi) is 2.27. The van der Waals surface area contributed by atoms with Crippen LogP contribution in [0, 0.1) is 9.77 Å². The predicted molar refractivity (Wildman–Crippen MR) is 42.3 cm³/mol. The van der Waals surface area contributed by atoms with Gasteiger partial charge in [0.1, 0.15) is 5.75 Å². The van der Waals surface area contributed by atoms with Crippen molar-refractivity contribution in [2.24, 2.45) is 0 Å². The summed E-state index contributed by atoms with van der Waals surface area (Å²) in [5.41, 5.74) is 0. The van der Waals surface area contributed by atoms with Crippen LogP contribution in [0.3, 0.4) is 0 Å². The Morgan fingerprint density at radius 1 is 1.78 bits per heavy atom. The first-order chi connectivity index (χ1) is 4.34. The molecule has 1 rings (SSSR count). The molecule has 47 valence electrons. The van der Waals surface area contributed by atoms with E-state index in [4.69, 9.17) is 4.74 Å². The molecule has 0 saturated carbocycles. The molecule has 0 bridgehead atoms. The third kappa shape index (κ3) is 1.54. The number of ether oxygens (including phenoxy) is 1. The SMILES string of the molecule is COc1c[c]ncc1I. The van der Waals surface area contributed by atoms with E-state index in [1.165, 1.54) is 0 Å². The molecule has 1 heterocycles. The molecule has 2 nitrogen and oxygen atoms in total. The van der Waals surface area contributed by atoms with Gasteiger partial charge in [0, 0.05) is 12.3 Å². The lowest BCUT2D eigenvalue weighted by atomic mass is 10.5. The maximum atomic E-state index is 4.97. The zero-order valence-electron chi connectivity index (χ0n) is 4.89. The van der Waals surface area contributed by atoms with Gasteiger partial charge in [0.05, 0.1) is 16.9 Å². The van der Waals surface area contributed by atoms with Crippen LogP contribution < -0.4 is 4.74 Å². The summed E-state index contributed by atoms with van der Waals surface area (Å²) in [6, 6.07) is 1.71. The summed E-state index contributed by atoms with van der Waals surface area (Å²) in [6.45, 7) is 0. The Bertz CT molecular complexity index is 202. The molecule has 0 aromatic carbocycles. The highest BCUT2D eigenvalue weighted by molar-refractivity contribution is 14.1. The Hall–Kier alpha value is -0.320. The summed E-state index contributed by atoms with van der Waals surface area (Å²) in [7, 11) is 1.63. The molecule has 0 unspecified atom stereocenters. The van der Waals surface area contributed by atoms with Crippen LogP contribution in [-0.2, 0) is 0 Å². The van der Waals surface area contributed by atoms with Crippen molar-refractivity contribution in [3.63, 3.8) is 0 Å². The van der Waals surface area contributed by atoms with E-state index >= 15 is 0 Å². The lowest BCUT2D eigenvalue weighted by Gasteiger charge is -1.98. The molecule has 0 N–H and O–H groups in total. The third-order valence-electron chi connectivity index (χ3n) is 0.903. The minimum Gasteiger partial charge on any atom is -0.496 e. The van der Waals surface area contributed by atoms with Gasteiger partial charge < -0.3 is 4.74 Å². The molecule has 0 amide bonds. The smallest absolute Gasteiger partial charge is 0.135 e. The average Bonchev–Trinajstić information content (AvgIpc) is 1.89. The van der Waals surface area contributed by atoms with E-state index in [-0.39, 0.29) is 0 Å². The van der Waals surface area contributed by atoms with Crippen LogP contribution in [0.1, 0.15) is 0 Å². The van der Waals surface area contributed by atoms with E-state index in [1.54, 1.807) is 19.4 Å². The summed E-state index contributed by atoms with van der Waals surface area (Å²) < 4.78 is 5.97. The number of rotatable bonds is 1. The molecular weight excluding hydrogens is 229 g/mol. The van der Waals surface area contributed by atoms with Gasteiger partial charge in [-0.2, -0.15) is 0 Å². The van der Waals surface area contributed by atoms with Crippen molar-refractivity contribution in [1.82, 2.24) is 4.98 Å². The molecule has 1 radical (unpaired) electrons. The average molecular weight is 234 g/mol. The van der Waals surface area contributed by atoms with Crippen LogP contribution in [0.15, 0.2) is 12.3 Å². The lowest BCUT2D eigenvalue weighted by molar-refractivity contribution is 0.411. The Morgan fingerprint density at radius 3 is 3.00 bits per heavy atom. The molecule has 0 spiro atoms. The molecule has 3 heteroatoms. The van der Waals surface area contributed by atoms with E-state index in [0.29, 0.717) is 0 Å². The zero-order valence-corrected chi connectivity index (χ0v) is 7.05. The number of pyridine rings is 1. The van der Waals surface area contributed by atoms with Gasteiger partial charge in [0.15, 0.2) is 0 Å². The molecule has 0 aliphatic carbocycles. The van der Waals surface area contributed by atoms with E-state index in [2.05, 4.69) is 33.8 Å². The molecule has 0 saturated heterocycles. The first-order valence-electron chi connectivity index (χ1n) is 2.40. The third-order valence-corrected chi connectivity index (χ3v) is 1.71. The van der Waals surface area contributed by atoms with E-state index < -0.39 is 0 Å². The first kappa shape index (κ1) is 6.80. The highest BCUT2D eigenvalue weighted by Gasteiger charge is 1.94. The number of aromatic nitrogens is 1. The van der Waals surface area contributed by atoms with Crippen molar-refractivity contribution >= 4 is 22.6 Å². The highest BCUT2D eigenvalue weighted by atomic mass is 127. The van der Waals surface area contributed by atoms with Crippen LogP contribution >= 0.6 is 22.6 Å². The topological polar surface area (TPSA) is 22.1 Å². The summed E-state index contributed by atoms with van der Waals surface area (Å²) in [5.74, 6) is 0.825. The van der Waals surface area contributed by atoms with E-state index in [0.717, 1.165) is 9.32 Å². The fourth-order valence-electron chi connectivity index (χ4n) is 0.479. The molecule has 1 aromatic rings.